The van der Waals surface area contributed by atoms with Gasteiger partial charge in [-0.2, -0.15) is 0 Å². The Morgan fingerprint density at radius 2 is 2.16 bits per heavy atom. The number of aryl methyl sites for hydroxylation is 1. The van der Waals surface area contributed by atoms with E-state index >= 15 is 0 Å². The zero-order valence-corrected chi connectivity index (χ0v) is 10.6. The highest BCUT2D eigenvalue weighted by molar-refractivity contribution is 5.41. The summed E-state index contributed by atoms with van der Waals surface area (Å²) in [6.07, 6.45) is 1.54. The predicted octanol–water partition coefficient (Wildman–Crippen LogP) is 0.944. The van der Waals surface area contributed by atoms with Gasteiger partial charge in [0.15, 0.2) is 0 Å². The smallest absolute Gasteiger partial charge is 0.253 e. The van der Waals surface area contributed by atoms with E-state index in [1.807, 2.05) is 24.3 Å². The van der Waals surface area contributed by atoms with E-state index in [1.165, 1.54) is 17.0 Å². The van der Waals surface area contributed by atoms with Crippen LogP contribution in [0.3, 0.4) is 0 Å². The maximum Gasteiger partial charge on any atom is 0.253 e. The van der Waals surface area contributed by atoms with Crippen LogP contribution >= 0.6 is 0 Å². The molecule has 1 N–H and O–H groups in total. The van der Waals surface area contributed by atoms with Gasteiger partial charge >= 0.3 is 0 Å². The van der Waals surface area contributed by atoms with E-state index in [1.54, 1.807) is 6.92 Å². The molecule has 1 aromatic heterocycles. The van der Waals surface area contributed by atoms with E-state index in [2.05, 4.69) is 16.8 Å². The Morgan fingerprint density at radius 3 is 2.89 bits per heavy atom. The molecule has 0 saturated heterocycles. The number of aliphatic hydroxyl groups is 1. The fourth-order valence-electron chi connectivity index (χ4n) is 1.73. The molecule has 0 radical (unpaired) electrons. The number of aromatic nitrogens is 2. The van der Waals surface area contributed by atoms with Gasteiger partial charge in [0.1, 0.15) is 6.61 Å². The largest absolute Gasteiger partial charge is 0.384 e. The van der Waals surface area contributed by atoms with E-state index in [0.717, 1.165) is 11.1 Å². The topological polar surface area (TPSA) is 55.1 Å². The van der Waals surface area contributed by atoms with E-state index in [-0.39, 0.29) is 12.2 Å². The van der Waals surface area contributed by atoms with Crippen molar-refractivity contribution < 1.29 is 5.11 Å². The van der Waals surface area contributed by atoms with E-state index in [4.69, 9.17) is 5.11 Å². The lowest BCUT2D eigenvalue weighted by atomic mass is 10.1. The van der Waals surface area contributed by atoms with Gasteiger partial charge in [0.25, 0.3) is 5.56 Å². The standard InChI is InChI=1S/C15H14N2O2/c1-12-9-15(19)17(11-16-12)10-14-6-3-2-5-13(14)7-4-8-18/h2-3,5-6,9,11,18H,8,10H2,1H3. The second-order valence-corrected chi connectivity index (χ2v) is 4.11. The molecule has 4 heteroatoms. The van der Waals surface area contributed by atoms with Crippen LogP contribution in [0, 0.1) is 18.8 Å². The average molecular weight is 254 g/mol. The number of benzene rings is 1. The molecule has 2 aromatic rings. The van der Waals surface area contributed by atoms with Crippen molar-refractivity contribution in [2.75, 3.05) is 6.61 Å². The number of rotatable bonds is 2. The van der Waals surface area contributed by atoms with Gasteiger partial charge in [-0.05, 0) is 18.6 Å². The van der Waals surface area contributed by atoms with Crippen molar-refractivity contribution in [3.05, 3.63) is 63.8 Å². The molecule has 0 aliphatic heterocycles. The molecule has 0 saturated carbocycles. The molecule has 0 spiro atoms. The van der Waals surface area contributed by atoms with Gasteiger partial charge in [-0.25, -0.2) is 4.98 Å². The summed E-state index contributed by atoms with van der Waals surface area (Å²) in [5.74, 6) is 5.50. The van der Waals surface area contributed by atoms with Crippen molar-refractivity contribution in [3.63, 3.8) is 0 Å². The molecule has 96 valence electrons. The van der Waals surface area contributed by atoms with Gasteiger partial charge < -0.3 is 5.11 Å². The summed E-state index contributed by atoms with van der Waals surface area (Å²) in [6.45, 7) is 2.02. The van der Waals surface area contributed by atoms with E-state index < -0.39 is 0 Å². The molecule has 0 bridgehead atoms. The van der Waals surface area contributed by atoms with Gasteiger partial charge in [0.05, 0.1) is 12.9 Å². The molecular formula is C15H14N2O2. The Morgan fingerprint density at radius 1 is 1.37 bits per heavy atom. The first kappa shape index (κ1) is 13.1. The van der Waals surface area contributed by atoms with Gasteiger partial charge in [-0.15, -0.1) is 0 Å². The van der Waals surface area contributed by atoms with Crippen LogP contribution in [0.15, 0.2) is 41.5 Å². The normalized spacial score (nSPS) is 9.79. The Labute approximate surface area is 111 Å². The van der Waals surface area contributed by atoms with Crippen LogP contribution in [-0.2, 0) is 6.54 Å². The van der Waals surface area contributed by atoms with E-state index in [9.17, 15) is 4.79 Å². The van der Waals surface area contributed by atoms with Crippen LogP contribution in [0.2, 0.25) is 0 Å². The molecule has 0 fully saturated rings. The summed E-state index contributed by atoms with van der Waals surface area (Å²) in [7, 11) is 0. The Balaban J connectivity index is 2.35. The monoisotopic (exact) mass is 254 g/mol. The molecule has 0 amide bonds. The Bertz CT molecular complexity index is 693. The predicted molar refractivity (Wildman–Crippen MR) is 72.7 cm³/mol. The third-order valence-corrected chi connectivity index (χ3v) is 2.68. The van der Waals surface area contributed by atoms with Crippen molar-refractivity contribution in [1.29, 1.82) is 0 Å². The van der Waals surface area contributed by atoms with Gasteiger partial charge in [0, 0.05) is 17.3 Å². The number of hydrogen-bond donors (Lipinski definition) is 1. The summed E-state index contributed by atoms with van der Waals surface area (Å²) in [5, 5.41) is 8.74. The van der Waals surface area contributed by atoms with Crippen molar-refractivity contribution in [1.82, 2.24) is 9.55 Å². The lowest BCUT2D eigenvalue weighted by Gasteiger charge is -2.07. The Hall–Kier alpha value is -2.38. The molecular weight excluding hydrogens is 240 g/mol. The molecule has 0 aliphatic rings. The highest BCUT2D eigenvalue weighted by atomic mass is 16.2. The molecule has 0 atom stereocenters. The quantitative estimate of drug-likeness (QED) is 0.812. The number of hydrogen-bond acceptors (Lipinski definition) is 3. The van der Waals surface area contributed by atoms with Crippen molar-refractivity contribution in [2.45, 2.75) is 13.5 Å². The highest BCUT2D eigenvalue weighted by Crippen LogP contribution is 2.08. The zero-order valence-electron chi connectivity index (χ0n) is 10.6. The maximum absolute atomic E-state index is 11.8. The fourth-order valence-corrected chi connectivity index (χ4v) is 1.73. The fraction of sp³-hybridized carbons (Fsp3) is 0.200. The first-order valence-electron chi connectivity index (χ1n) is 5.91. The summed E-state index contributed by atoms with van der Waals surface area (Å²) >= 11 is 0. The highest BCUT2D eigenvalue weighted by Gasteiger charge is 2.02. The summed E-state index contributed by atoms with van der Waals surface area (Å²) < 4.78 is 1.53. The minimum absolute atomic E-state index is 0.0857. The second-order valence-electron chi connectivity index (χ2n) is 4.11. The van der Waals surface area contributed by atoms with Crippen molar-refractivity contribution >= 4 is 0 Å². The molecule has 0 unspecified atom stereocenters. The lowest BCUT2D eigenvalue weighted by molar-refractivity contribution is 0.350. The van der Waals surface area contributed by atoms with Crippen LogP contribution in [0.4, 0.5) is 0 Å². The maximum atomic E-state index is 11.8. The molecule has 1 heterocycles. The summed E-state index contributed by atoms with van der Waals surface area (Å²) in [4.78, 5) is 15.9. The SMILES string of the molecule is Cc1cc(=O)n(Cc2ccccc2C#CCO)cn1. The second kappa shape index (κ2) is 5.98. The van der Waals surface area contributed by atoms with Gasteiger partial charge in [-0.3, -0.25) is 9.36 Å². The first-order valence-corrected chi connectivity index (χ1v) is 5.91. The van der Waals surface area contributed by atoms with Gasteiger partial charge in [0.2, 0.25) is 0 Å². The minimum atomic E-state index is -0.180. The number of nitrogens with zero attached hydrogens (tertiary/aromatic N) is 2. The average Bonchev–Trinajstić information content (AvgIpc) is 2.41. The zero-order chi connectivity index (χ0) is 13.7. The summed E-state index contributed by atoms with van der Waals surface area (Å²) in [5.41, 5.74) is 2.35. The molecule has 2 rings (SSSR count). The van der Waals surface area contributed by atoms with Crippen molar-refractivity contribution in [2.24, 2.45) is 0 Å². The van der Waals surface area contributed by atoms with Crippen LogP contribution in [-0.4, -0.2) is 21.3 Å². The third-order valence-electron chi connectivity index (χ3n) is 2.68. The minimum Gasteiger partial charge on any atom is -0.384 e. The van der Waals surface area contributed by atoms with E-state index in [0.29, 0.717) is 12.2 Å². The molecule has 0 aliphatic carbocycles. The summed E-state index contributed by atoms with van der Waals surface area (Å²) in [6, 6.07) is 9.05. The van der Waals surface area contributed by atoms with Crippen LogP contribution < -0.4 is 5.56 Å². The van der Waals surface area contributed by atoms with Crippen LogP contribution in [0.1, 0.15) is 16.8 Å². The third kappa shape index (κ3) is 3.30. The van der Waals surface area contributed by atoms with Crippen LogP contribution in [0.5, 0.6) is 0 Å². The van der Waals surface area contributed by atoms with Crippen LogP contribution in [0.25, 0.3) is 0 Å². The lowest BCUT2D eigenvalue weighted by Crippen LogP contribution is -2.20. The first-order chi connectivity index (χ1) is 9.20. The number of aliphatic hydroxyl groups excluding tert-OH is 1. The molecule has 19 heavy (non-hydrogen) atoms. The van der Waals surface area contributed by atoms with Gasteiger partial charge in [-0.1, -0.05) is 30.0 Å². The Kier molecular flexibility index (Phi) is 4.11. The molecule has 1 aromatic carbocycles. The molecule has 4 nitrogen and oxygen atoms in total. The van der Waals surface area contributed by atoms with Crippen molar-refractivity contribution in [3.8, 4) is 11.8 Å².